The molecule has 1 aromatic rings. The number of nitrogens with one attached hydrogen (secondary N) is 1. The van der Waals surface area contributed by atoms with Gasteiger partial charge in [-0.3, -0.25) is 0 Å². The molecule has 4 heteroatoms. The Hall–Kier alpha value is -0.770. The van der Waals surface area contributed by atoms with Gasteiger partial charge in [0.15, 0.2) is 0 Å². The summed E-state index contributed by atoms with van der Waals surface area (Å²) in [5, 5.41) is 3.15. The van der Waals surface area contributed by atoms with Crippen LogP contribution in [0.25, 0.3) is 0 Å². The summed E-state index contributed by atoms with van der Waals surface area (Å²) >= 11 is 6.24. The molecule has 1 saturated heterocycles. The van der Waals surface area contributed by atoms with Crippen LogP contribution in [0.3, 0.4) is 0 Å². The van der Waals surface area contributed by atoms with Crippen molar-refractivity contribution in [1.29, 1.82) is 0 Å². The van der Waals surface area contributed by atoms with E-state index in [0.29, 0.717) is 0 Å². The molecule has 1 heterocycles. The number of nitrogens with two attached hydrogens (primary N) is 1. The van der Waals surface area contributed by atoms with Gasteiger partial charge in [0.1, 0.15) is 31.9 Å². The minimum Gasteiger partial charge on any atom is -0.492 e. The smallest absolute Gasteiger partial charge is 0.140 e. The summed E-state index contributed by atoms with van der Waals surface area (Å²) < 4.78 is 5.86. The monoisotopic (exact) mass is 298 g/mol. The minimum atomic E-state index is 0.736. The number of hydrogen-bond acceptors (Lipinski definition) is 1. The van der Waals surface area contributed by atoms with Crippen LogP contribution in [0.5, 0.6) is 5.75 Å². The maximum atomic E-state index is 6.24. The van der Waals surface area contributed by atoms with Crippen molar-refractivity contribution in [3.8, 4) is 5.75 Å². The third-order valence-electron chi connectivity index (χ3n) is 3.95. The van der Waals surface area contributed by atoms with Crippen LogP contribution in [-0.2, 0) is 0 Å². The second kappa shape index (κ2) is 7.87. The largest absolute Gasteiger partial charge is 0.492 e. The average molecular weight is 299 g/mol. The lowest BCUT2D eigenvalue weighted by atomic mass is 10.1. The molecule has 0 bridgehead atoms. The van der Waals surface area contributed by atoms with Crippen molar-refractivity contribution in [2.45, 2.75) is 26.7 Å². The Labute approximate surface area is 127 Å². The zero-order valence-electron chi connectivity index (χ0n) is 12.7. The van der Waals surface area contributed by atoms with Crippen molar-refractivity contribution in [2.75, 3.05) is 39.3 Å². The van der Waals surface area contributed by atoms with Gasteiger partial charge in [-0.05, 0) is 43.9 Å². The summed E-state index contributed by atoms with van der Waals surface area (Å²) in [5.74, 6) is 0.859. The zero-order chi connectivity index (χ0) is 14.4. The number of unbranched alkanes of at least 4 members (excludes halogenated alkanes) is 1. The van der Waals surface area contributed by atoms with E-state index in [1.807, 2.05) is 6.07 Å². The first-order valence-electron chi connectivity index (χ1n) is 7.71. The number of benzene rings is 1. The quantitative estimate of drug-likeness (QED) is 0.740. The normalized spacial score (nSPS) is 16.4. The number of rotatable bonds is 6. The molecule has 2 rings (SSSR count). The highest BCUT2D eigenvalue weighted by Crippen LogP contribution is 2.29. The van der Waals surface area contributed by atoms with Crippen molar-refractivity contribution in [1.82, 2.24) is 0 Å². The first-order chi connectivity index (χ1) is 9.66. The highest BCUT2D eigenvalue weighted by atomic mass is 35.5. The average Bonchev–Trinajstić information content (AvgIpc) is 2.42. The SMILES string of the molecule is Cc1cc(C)c(OCCCC[NH+]2CC[NH2+]CC2)c(Cl)c1. The minimum absolute atomic E-state index is 0.736. The van der Waals surface area contributed by atoms with Gasteiger partial charge in [-0.15, -0.1) is 0 Å². The van der Waals surface area contributed by atoms with Crippen LogP contribution in [0.1, 0.15) is 24.0 Å². The molecule has 1 fully saturated rings. The Morgan fingerprint density at radius 2 is 1.95 bits per heavy atom. The summed E-state index contributed by atoms with van der Waals surface area (Å²) in [6.07, 6.45) is 2.34. The van der Waals surface area contributed by atoms with E-state index < -0.39 is 0 Å². The molecule has 0 aliphatic carbocycles. The lowest BCUT2D eigenvalue weighted by molar-refractivity contribution is -0.946. The molecule has 0 radical (unpaired) electrons. The van der Waals surface area contributed by atoms with E-state index in [1.54, 1.807) is 4.90 Å². The fourth-order valence-electron chi connectivity index (χ4n) is 2.87. The van der Waals surface area contributed by atoms with Crippen LogP contribution in [0.2, 0.25) is 5.02 Å². The molecule has 0 spiro atoms. The van der Waals surface area contributed by atoms with Gasteiger partial charge in [0, 0.05) is 0 Å². The third kappa shape index (κ3) is 4.65. The van der Waals surface area contributed by atoms with Crippen molar-refractivity contribution in [3.05, 3.63) is 28.3 Å². The second-order valence-corrected chi connectivity index (χ2v) is 6.22. The van der Waals surface area contributed by atoms with Crippen molar-refractivity contribution in [3.63, 3.8) is 0 Å². The lowest BCUT2D eigenvalue weighted by Crippen LogP contribution is -3.20. The summed E-state index contributed by atoms with van der Waals surface area (Å²) in [7, 11) is 0. The number of aryl methyl sites for hydroxylation is 2. The first-order valence-corrected chi connectivity index (χ1v) is 8.09. The van der Waals surface area contributed by atoms with E-state index in [0.717, 1.165) is 29.4 Å². The molecule has 0 saturated carbocycles. The van der Waals surface area contributed by atoms with Crippen molar-refractivity contribution in [2.24, 2.45) is 0 Å². The van der Waals surface area contributed by atoms with Gasteiger partial charge < -0.3 is 15.0 Å². The molecular weight excluding hydrogens is 272 g/mol. The molecular formula is C16H27ClN2O+2. The van der Waals surface area contributed by atoms with Gasteiger partial charge >= 0.3 is 0 Å². The van der Waals surface area contributed by atoms with Gasteiger partial charge in [0.2, 0.25) is 0 Å². The van der Waals surface area contributed by atoms with Gasteiger partial charge in [-0.2, -0.15) is 0 Å². The first kappa shape index (κ1) is 15.6. The Bertz CT molecular complexity index is 407. The summed E-state index contributed by atoms with van der Waals surface area (Å²) in [4.78, 5) is 1.75. The molecule has 0 unspecified atom stereocenters. The molecule has 1 aromatic carbocycles. The fraction of sp³-hybridized carbons (Fsp3) is 0.625. The van der Waals surface area contributed by atoms with Crippen LogP contribution >= 0.6 is 11.6 Å². The number of hydrogen-bond donors (Lipinski definition) is 2. The van der Waals surface area contributed by atoms with E-state index in [9.17, 15) is 0 Å². The zero-order valence-corrected chi connectivity index (χ0v) is 13.4. The summed E-state index contributed by atoms with van der Waals surface area (Å²) in [6.45, 7) is 11.3. The highest BCUT2D eigenvalue weighted by Gasteiger charge is 2.14. The van der Waals surface area contributed by atoms with Crippen LogP contribution in [0, 0.1) is 13.8 Å². The highest BCUT2D eigenvalue weighted by molar-refractivity contribution is 6.32. The van der Waals surface area contributed by atoms with E-state index in [4.69, 9.17) is 16.3 Å². The van der Waals surface area contributed by atoms with Crippen LogP contribution in [0.4, 0.5) is 0 Å². The second-order valence-electron chi connectivity index (χ2n) is 5.81. The third-order valence-corrected chi connectivity index (χ3v) is 4.23. The Morgan fingerprint density at radius 3 is 2.65 bits per heavy atom. The molecule has 112 valence electrons. The van der Waals surface area contributed by atoms with Crippen molar-refractivity contribution >= 4 is 11.6 Å². The molecule has 0 amide bonds. The Kier molecular flexibility index (Phi) is 6.14. The maximum absolute atomic E-state index is 6.24. The molecule has 3 N–H and O–H groups in total. The molecule has 20 heavy (non-hydrogen) atoms. The standard InChI is InChI=1S/C16H25ClN2O/c1-13-11-14(2)16(15(17)12-13)20-10-4-3-7-19-8-5-18-6-9-19/h11-12,18H,3-10H2,1-2H3/p+2. The predicted molar refractivity (Wildman–Crippen MR) is 82.9 cm³/mol. The van der Waals surface area contributed by atoms with E-state index in [2.05, 4.69) is 25.2 Å². The van der Waals surface area contributed by atoms with Crippen molar-refractivity contribution < 1.29 is 15.0 Å². The maximum Gasteiger partial charge on any atom is 0.140 e. The summed E-state index contributed by atoms with van der Waals surface area (Å²) in [6, 6.07) is 4.09. The molecule has 0 atom stereocenters. The lowest BCUT2D eigenvalue weighted by Gasteiger charge is -2.22. The van der Waals surface area contributed by atoms with Gasteiger partial charge in [0.05, 0.1) is 18.2 Å². The number of ether oxygens (including phenoxy) is 1. The Balaban J connectivity index is 1.68. The molecule has 1 aliphatic rings. The summed E-state index contributed by atoms with van der Waals surface area (Å²) in [5.41, 5.74) is 2.32. The number of quaternary nitrogens is 2. The molecule has 0 aromatic heterocycles. The van der Waals surface area contributed by atoms with Crippen LogP contribution < -0.4 is 15.0 Å². The van der Waals surface area contributed by atoms with Gasteiger partial charge in [-0.1, -0.05) is 17.7 Å². The Morgan fingerprint density at radius 1 is 1.20 bits per heavy atom. The fourth-order valence-corrected chi connectivity index (χ4v) is 3.24. The topological polar surface area (TPSA) is 30.3 Å². The number of piperazine rings is 1. The van der Waals surface area contributed by atoms with Crippen LogP contribution in [0.15, 0.2) is 12.1 Å². The number of halogens is 1. The van der Waals surface area contributed by atoms with Gasteiger partial charge in [-0.25, -0.2) is 0 Å². The van der Waals surface area contributed by atoms with Crippen LogP contribution in [-0.4, -0.2) is 39.3 Å². The van der Waals surface area contributed by atoms with E-state index in [-0.39, 0.29) is 0 Å². The van der Waals surface area contributed by atoms with Gasteiger partial charge in [0.25, 0.3) is 0 Å². The molecule has 3 nitrogen and oxygen atoms in total. The van der Waals surface area contributed by atoms with E-state index in [1.165, 1.54) is 44.7 Å². The van der Waals surface area contributed by atoms with E-state index >= 15 is 0 Å². The predicted octanol–water partition coefficient (Wildman–Crippen LogP) is 0.578. The molecule has 1 aliphatic heterocycles.